The van der Waals surface area contributed by atoms with Crippen LogP contribution in [-0.2, 0) is 21.8 Å². The van der Waals surface area contributed by atoms with Gasteiger partial charge in [-0.2, -0.15) is 0 Å². The molecular weight excluding hydrogens is 1070 g/mol. The monoisotopic (exact) mass is 1140 g/mol. The van der Waals surface area contributed by atoms with E-state index < -0.39 is 16.8 Å². The van der Waals surface area contributed by atoms with E-state index in [1.54, 1.807) is 42.5 Å². The Bertz CT molecular complexity index is 3500. The molecular formula is C62H68ClN7O10S. The number of nitro benzene ring substituents is 1. The third-order valence-electron chi connectivity index (χ3n) is 13.3. The number of unbranched alkanes of at least 4 members (excludes halogenated alkanes) is 9. The molecule has 0 saturated heterocycles. The summed E-state index contributed by atoms with van der Waals surface area (Å²) in [7, 11) is 0. The number of carbonyl (C=O) groups is 3. The van der Waals surface area contributed by atoms with E-state index in [0.717, 1.165) is 47.0 Å². The van der Waals surface area contributed by atoms with Crippen LogP contribution in [0.25, 0.3) is 21.5 Å². The number of hydrogen-bond donors (Lipinski definition) is 4. The van der Waals surface area contributed by atoms with Gasteiger partial charge in [0, 0.05) is 44.1 Å². The predicted octanol–water partition coefficient (Wildman–Crippen LogP) is 15.4. The Morgan fingerprint density at radius 1 is 0.654 bits per heavy atom. The fraction of sp³-hybridized carbons (Fsp3) is 0.323. The van der Waals surface area contributed by atoms with Crippen LogP contribution in [0.15, 0.2) is 120 Å². The molecule has 2 amide bonds. The molecule has 0 atom stereocenters. The van der Waals surface area contributed by atoms with E-state index in [0.29, 0.717) is 63.0 Å². The molecule has 8 aromatic rings. The summed E-state index contributed by atoms with van der Waals surface area (Å²) < 4.78 is 18.7. The van der Waals surface area contributed by atoms with E-state index in [-0.39, 0.29) is 58.0 Å². The van der Waals surface area contributed by atoms with E-state index >= 15 is 0 Å². The Morgan fingerprint density at radius 3 is 1.90 bits per heavy atom. The van der Waals surface area contributed by atoms with Crippen molar-refractivity contribution in [1.29, 1.82) is 0 Å². The lowest BCUT2D eigenvalue weighted by molar-refractivity contribution is -0.385. The van der Waals surface area contributed by atoms with Gasteiger partial charge in [0.1, 0.15) is 29.5 Å². The van der Waals surface area contributed by atoms with Crippen molar-refractivity contribution in [2.24, 2.45) is 0 Å². The number of aromatic hydroxyl groups is 2. The molecule has 7 aromatic carbocycles. The summed E-state index contributed by atoms with van der Waals surface area (Å²) in [4.78, 5) is 50.3. The maximum Gasteiger partial charge on any atom is 0.327 e. The van der Waals surface area contributed by atoms with Crippen molar-refractivity contribution in [2.45, 2.75) is 123 Å². The van der Waals surface area contributed by atoms with Gasteiger partial charge in [-0.25, -0.2) is 4.68 Å². The number of nitro groups is 1. The van der Waals surface area contributed by atoms with E-state index in [1.165, 1.54) is 85.7 Å². The first-order valence-electron chi connectivity index (χ1n) is 27.2. The lowest BCUT2D eigenvalue weighted by Crippen LogP contribution is -2.16. The Hall–Kier alpha value is -8.22. The van der Waals surface area contributed by atoms with Crippen LogP contribution in [0.4, 0.5) is 17.1 Å². The van der Waals surface area contributed by atoms with Gasteiger partial charge in [-0.05, 0) is 103 Å². The lowest BCUT2D eigenvalue weighted by atomic mass is 10.0. The van der Waals surface area contributed by atoms with Gasteiger partial charge >= 0.3 is 11.7 Å². The molecule has 0 radical (unpaired) electrons. The Balaban J connectivity index is 0.000000340. The average molecular weight is 1140 g/mol. The lowest BCUT2D eigenvalue weighted by Gasteiger charge is -2.16. The van der Waals surface area contributed by atoms with Crippen molar-refractivity contribution in [3.05, 3.63) is 164 Å². The SMILES string of the molecule is CCCCCCCCCCCCOc1ccc(C)cc1NC(=O)c1cc(Oc2ccc(CSc3nnnn3CC(=O)OCCC)cc2[N+](=O)[O-])c2ccccc2c1O.Cc1ccc(C)c(NC(=O)c2cc(Cl)c3ccccc3c2O)c1. The van der Waals surface area contributed by atoms with Crippen molar-refractivity contribution in [1.82, 2.24) is 20.2 Å². The number of carbonyl (C=O) groups excluding carboxylic acids is 3. The number of halogens is 1. The highest BCUT2D eigenvalue weighted by Gasteiger charge is 2.24. The fourth-order valence-electron chi connectivity index (χ4n) is 8.89. The molecule has 0 bridgehead atoms. The molecule has 0 aliphatic carbocycles. The molecule has 19 heteroatoms. The van der Waals surface area contributed by atoms with Gasteiger partial charge in [-0.15, -0.1) is 5.10 Å². The zero-order valence-corrected chi connectivity index (χ0v) is 47.8. The molecule has 0 aliphatic rings. The summed E-state index contributed by atoms with van der Waals surface area (Å²) in [5.74, 6) is -0.941. The zero-order valence-electron chi connectivity index (χ0n) is 46.3. The number of anilines is 2. The second-order valence-corrected chi connectivity index (χ2v) is 21.0. The molecule has 1 aromatic heterocycles. The highest BCUT2D eigenvalue weighted by Crippen LogP contribution is 2.42. The number of rotatable bonds is 26. The molecule has 8 rings (SSSR count). The number of esters is 1. The van der Waals surface area contributed by atoms with Gasteiger partial charge in [0.15, 0.2) is 0 Å². The van der Waals surface area contributed by atoms with Crippen LogP contribution in [0.2, 0.25) is 5.02 Å². The Kier molecular flexibility index (Phi) is 22.3. The molecule has 81 heavy (non-hydrogen) atoms. The predicted molar refractivity (Wildman–Crippen MR) is 318 cm³/mol. The van der Waals surface area contributed by atoms with Crippen LogP contribution in [0.1, 0.15) is 127 Å². The number of tetrazole rings is 1. The Labute approximate surface area is 480 Å². The number of aromatic nitrogens is 4. The Morgan fingerprint density at radius 2 is 1.23 bits per heavy atom. The van der Waals surface area contributed by atoms with E-state index in [1.807, 2.05) is 76.2 Å². The maximum absolute atomic E-state index is 13.9. The minimum atomic E-state index is -0.606. The summed E-state index contributed by atoms with van der Waals surface area (Å²) in [5.41, 5.74) is 4.44. The summed E-state index contributed by atoms with van der Waals surface area (Å²) in [6, 6.07) is 32.8. The van der Waals surface area contributed by atoms with E-state index in [4.69, 9.17) is 25.8 Å². The number of nitrogens with one attached hydrogen (secondary N) is 2. The minimum Gasteiger partial charge on any atom is -0.506 e. The molecule has 0 spiro atoms. The van der Waals surface area contributed by atoms with Gasteiger partial charge in [0.2, 0.25) is 10.9 Å². The smallest absolute Gasteiger partial charge is 0.327 e. The van der Waals surface area contributed by atoms with Crippen LogP contribution in [-0.4, -0.2) is 66.3 Å². The van der Waals surface area contributed by atoms with Gasteiger partial charge in [-0.3, -0.25) is 24.5 Å². The molecule has 0 fully saturated rings. The molecule has 17 nitrogen and oxygen atoms in total. The fourth-order valence-corrected chi connectivity index (χ4v) is 9.99. The van der Waals surface area contributed by atoms with Crippen LogP contribution in [0.3, 0.4) is 0 Å². The van der Waals surface area contributed by atoms with Gasteiger partial charge in [0.25, 0.3) is 11.8 Å². The number of thioether (sulfide) groups is 1. The first-order valence-corrected chi connectivity index (χ1v) is 28.6. The number of aryl methyl sites for hydroxylation is 3. The first kappa shape index (κ1) is 60.4. The average Bonchev–Trinajstić information content (AvgIpc) is 4.00. The van der Waals surface area contributed by atoms with E-state index in [2.05, 4.69) is 33.1 Å². The van der Waals surface area contributed by atoms with Crippen LogP contribution in [0.5, 0.6) is 28.7 Å². The van der Waals surface area contributed by atoms with Gasteiger partial charge in [0.05, 0.1) is 35.0 Å². The summed E-state index contributed by atoms with van der Waals surface area (Å²) in [6.45, 7) is 10.5. The van der Waals surface area contributed by atoms with Crippen molar-refractivity contribution in [3.63, 3.8) is 0 Å². The number of phenolic OH excluding ortho intramolecular Hbond substituents is 2. The standard InChI is InChI=1S/C43H52N6O8S.C19H16ClNO2/c1-4-6-7-8-9-10-11-12-13-16-24-55-37-21-19-30(3)25-35(37)44-42(52)34-27-39(32-17-14-15-18-33(32)41(34)51)57-38-22-20-31(26-36(38)49(53)54)29-58-43-45-46-47-48(43)28-40(50)56-23-5-2;1-11-7-8-12(2)17(9-11)21-19(23)15-10-16(20)13-5-3-4-6-14(13)18(15)22/h14-15,17-22,25-27,51H,4-13,16,23-24,28-29H2,1-3H3,(H,44,52);3-10,22H,1-2H3,(H,21,23). The molecule has 424 valence electrons. The molecule has 1 heterocycles. The number of hydrogen-bond acceptors (Lipinski definition) is 14. The largest absolute Gasteiger partial charge is 0.506 e. The highest BCUT2D eigenvalue weighted by atomic mass is 35.5. The topological polar surface area (TPSA) is 230 Å². The number of fused-ring (bicyclic) bond motifs is 2. The maximum atomic E-state index is 13.9. The normalized spacial score (nSPS) is 11.0. The van der Waals surface area contributed by atoms with Crippen LogP contribution in [0, 0.1) is 30.9 Å². The highest BCUT2D eigenvalue weighted by molar-refractivity contribution is 7.98. The third-order valence-corrected chi connectivity index (χ3v) is 14.6. The van der Waals surface area contributed by atoms with Crippen LogP contribution < -0.4 is 20.1 Å². The number of amides is 2. The van der Waals surface area contributed by atoms with E-state index in [9.17, 15) is 34.7 Å². The zero-order chi connectivity index (χ0) is 57.8. The molecule has 4 N–H and O–H groups in total. The first-order chi connectivity index (χ1) is 39.1. The number of phenols is 2. The number of nitrogens with zero attached hydrogens (tertiary/aromatic N) is 5. The number of benzene rings is 7. The molecule has 0 saturated carbocycles. The van der Waals surface area contributed by atoms with Crippen molar-refractivity contribution in [3.8, 4) is 28.7 Å². The molecule has 0 unspecified atom stereocenters. The van der Waals surface area contributed by atoms with Gasteiger partial charge in [-0.1, -0.05) is 168 Å². The van der Waals surface area contributed by atoms with Crippen LogP contribution >= 0.6 is 23.4 Å². The third kappa shape index (κ3) is 16.7. The van der Waals surface area contributed by atoms with Crippen molar-refractivity contribution < 1.29 is 43.7 Å². The van der Waals surface area contributed by atoms with Crippen molar-refractivity contribution in [2.75, 3.05) is 23.8 Å². The van der Waals surface area contributed by atoms with Crippen molar-refractivity contribution >= 4 is 79.8 Å². The molecule has 0 aliphatic heterocycles. The second kappa shape index (κ2) is 29.8. The quantitative estimate of drug-likeness (QED) is 0.0130. The van der Waals surface area contributed by atoms with Gasteiger partial charge < -0.3 is 35.1 Å². The minimum absolute atomic E-state index is 0.0622. The number of ether oxygens (including phenoxy) is 3. The summed E-state index contributed by atoms with van der Waals surface area (Å²) in [5, 5.41) is 54.1. The second-order valence-electron chi connectivity index (χ2n) is 19.7. The summed E-state index contributed by atoms with van der Waals surface area (Å²) in [6.07, 6.45) is 12.8. The summed E-state index contributed by atoms with van der Waals surface area (Å²) >= 11 is 7.45.